The molecule has 0 bridgehead atoms. The van der Waals surface area contributed by atoms with Crippen LogP contribution in [0.15, 0.2) is 54.6 Å². The number of rotatable bonds is 7. The monoisotopic (exact) mass is 500 g/mol. The number of nitrogens with zero attached hydrogens (tertiary/aromatic N) is 2. The van der Waals surface area contributed by atoms with Crippen molar-refractivity contribution < 1.29 is 23.9 Å². The number of hydrogen-bond acceptors (Lipinski definition) is 5. The molecule has 0 radical (unpaired) electrons. The Hall–Kier alpha value is -3.06. The topological polar surface area (TPSA) is 76.2 Å². The van der Waals surface area contributed by atoms with Crippen molar-refractivity contribution in [3.05, 3.63) is 70.7 Å². The number of benzene rings is 2. The van der Waals surface area contributed by atoms with Crippen LogP contribution in [0.3, 0.4) is 0 Å². The molecule has 0 N–H and O–H groups in total. The highest BCUT2D eigenvalue weighted by atomic mass is 35.5. The van der Waals surface area contributed by atoms with E-state index in [0.717, 1.165) is 5.56 Å². The van der Waals surface area contributed by atoms with Crippen LogP contribution >= 0.6 is 11.6 Å². The fraction of sp³-hybridized carbons (Fsp3) is 0.444. The number of halogens is 1. The lowest BCUT2D eigenvalue weighted by Crippen LogP contribution is -2.48. The first kappa shape index (κ1) is 26.5. The number of amides is 3. The van der Waals surface area contributed by atoms with E-state index in [9.17, 15) is 14.4 Å². The first-order chi connectivity index (χ1) is 16.5. The van der Waals surface area contributed by atoms with E-state index in [-0.39, 0.29) is 19.2 Å². The normalized spacial score (nSPS) is 16.7. The highest BCUT2D eigenvalue weighted by molar-refractivity contribution is 6.30. The van der Waals surface area contributed by atoms with Gasteiger partial charge in [-0.25, -0.2) is 14.5 Å². The Bertz CT molecular complexity index is 1030. The van der Waals surface area contributed by atoms with Crippen LogP contribution in [0.25, 0.3) is 0 Å². The largest absolute Gasteiger partial charge is 0.447 e. The molecule has 0 spiro atoms. The van der Waals surface area contributed by atoms with Gasteiger partial charge in [0.1, 0.15) is 12.2 Å². The van der Waals surface area contributed by atoms with Gasteiger partial charge in [0.25, 0.3) is 0 Å². The minimum absolute atomic E-state index is 0.0366. The molecule has 0 unspecified atom stereocenters. The Balaban J connectivity index is 1.93. The molecule has 1 saturated heterocycles. The molecule has 2 aromatic carbocycles. The third kappa shape index (κ3) is 6.98. The van der Waals surface area contributed by atoms with Crippen LogP contribution < -0.4 is 0 Å². The molecule has 1 fully saturated rings. The predicted octanol–water partition coefficient (Wildman–Crippen LogP) is 5.66. The number of ether oxygens (including phenoxy) is 2. The van der Waals surface area contributed by atoms with Gasteiger partial charge in [0.15, 0.2) is 0 Å². The first-order valence-electron chi connectivity index (χ1n) is 11.7. The van der Waals surface area contributed by atoms with Crippen LogP contribution in [0.1, 0.15) is 51.7 Å². The molecule has 3 rings (SSSR count). The lowest BCUT2D eigenvalue weighted by molar-refractivity contribution is -0.131. The number of carbonyl (C=O) groups is 3. The third-order valence-electron chi connectivity index (χ3n) is 5.71. The fourth-order valence-electron chi connectivity index (χ4n) is 3.97. The van der Waals surface area contributed by atoms with E-state index in [1.54, 1.807) is 45.0 Å². The molecule has 3 amide bonds. The van der Waals surface area contributed by atoms with Crippen LogP contribution in [0.4, 0.5) is 9.59 Å². The van der Waals surface area contributed by atoms with Crippen LogP contribution in [-0.4, -0.2) is 58.7 Å². The van der Waals surface area contributed by atoms with Crippen LogP contribution in [0.5, 0.6) is 0 Å². The number of imide groups is 1. The SMILES string of the molecule is CC(C)N(C[C@H](C(=O)N1C(=O)OC[C@@H]1Cc1ccccc1)c1ccc(Cl)cc1)C(=O)OC(C)(C)C. The number of cyclic esters (lactones) is 1. The highest BCUT2D eigenvalue weighted by Gasteiger charge is 2.42. The van der Waals surface area contributed by atoms with Gasteiger partial charge in [0.2, 0.25) is 5.91 Å². The molecule has 1 heterocycles. The summed E-state index contributed by atoms with van der Waals surface area (Å²) in [5.41, 5.74) is 0.949. The molecular formula is C27H33ClN2O5. The summed E-state index contributed by atoms with van der Waals surface area (Å²) >= 11 is 6.08. The van der Waals surface area contributed by atoms with Crippen molar-refractivity contribution in [1.29, 1.82) is 0 Å². The molecule has 0 saturated carbocycles. The summed E-state index contributed by atoms with van der Waals surface area (Å²) in [7, 11) is 0. The molecule has 0 aromatic heterocycles. The van der Waals surface area contributed by atoms with Crippen molar-refractivity contribution in [2.45, 2.75) is 64.6 Å². The van der Waals surface area contributed by atoms with Gasteiger partial charge in [-0.2, -0.15) is 0 Å². The van der Waals surface area contributed by atoms with E-state index in [1.165, 1.54) is 9.80 Å². The predicted molar refractivity (Wildman–Crippen MR) is 134 cm³/mol. The zero-order valence-corrected chi connectivity index (χ0v) is 21.6. The van der Waals surface area contributed by atoms with E-state index < -0.39 is 35.7 Å². The van der Waals surface area contributed by atoms with E-state index in [4.69, 9.17) is 21.1 Å². The van der Waals surface area contributed by atoms with Crippen molar-refractivity contribution in [2.75, 3.05) is 13.2 Å². The van der Waals surface area contributed by atoms with Gasteiger partial charge in [-0.3, -0.25) is 4.79 Å². The van der Waals surface area contributed by atoms with Gasteiger partial charge < -0.3 is 14.4 Å². The zero-order valence-electron chi connectivity index (χ0n) is 20.9. The Labute approximate surface area is 211 Å². The van der Waals surface area contributed by atoms with Gasteiger partial charge in [-0.1, -0.05) is 54.1 Å². The van der Waals surface area contributed by atoms with Gasteiger partial charge in [-0.05, 0) is 64.3 Å². The minimum Gasteiger partial charge on any atom is -0.447 e. The van der Waals surface area contributed by atoms with Crippen molar-refractivity contribution in [3.8, 4) is 0 Å². The van der Waals surface area contributed by atoms with E-state index >= 15 is 0 Å². The summed E-state index contributed by atoms with van der Waals surface area (Å²) in [6.45, 7) is 9.24. The van der Waals surface area contributed by atoms with E-state index in [0.29, 0.717) is 17.0 Å². The van der Waals surface area contributed by atoms with E-state index in [2.05, 4.69) is 0 Å². The second-order valence-corrected chi connectivity index (χ2v) is 10.4. The summed E-state index contributed by atoms with van der Waals surface area (Å²) in [5.74, 6) is -1.24. The van der Waals surface area contributed by atoms with Gasteiger partial charge in [0, 0.05) is 17.6 Å². The summed E-state index contributed by atoms with van der Waals surface area (Å²) in [6, 6.07) is 15.8. The Kier molecular flexibility index (Phi) is 8.43. The van der Waals surface area contributed by atoms with Crippen LogP contribution in [-0.2, 0) is 20.7 Å². The van der Waals surface area contributed by atoms with Crippen LogP contribution in [0.2, 0.25) is 5.02 Å². The summed E-state index contributed by atoms with van der Waals surface area (Å²) in [5, 5.41) is 0.523. The molecule has 8 heteroatoms. The highest BCUT2D eigenvalue weighted by Crippen LogP contribution is 2.28. The van der Waals surface area contributed by atoms with Crippen molar-refractivity contribution in [3.63, 3.8) is 0 Å². The average molecular weight is 501 g/mol. The summed E-state index contributed by atoms with van der Waals surface area (Å²) in [4.78, 5) is 42.3. The van der Waals surface area contributed by atoms with Crippen molar-refractivity contribution >= 4 is 29.7 Å². The Morgan fingerprint density at radius 1 is 1.11 bits per heavy atom. The molecule has 188 valence electrons. The standard InChI is InChI=1S/C27H33ClN2O5/c1-18(2)29(25(32)35-27(3,4)5)16-23(20-11-13-21(28)14-12-20)24(31)30-22(17-34-26(30)33)15-19-9-7-6-8-10-19/h6-14,18,22-23H,15-17H2,1-5H3/t22-,23-/m0/s1. The quantitative estimate of drug-likeness (QED) is 0.490. The molecule has 2 aromatic rings. The summed E-state index contributed by atoms with van der Waals surface area (Å²) in [6.07, 6.45) is -0.724. The van der Waals surface area contributed by atoms with Gasteiger partial charge in [-0.15, -0.1) is 0 Å². The van der Waals surface area contributed by atoms with Crippen molar-refractivity contribution in [2.24, 2.45) is 0 Å². The Morgan fingerprint density at radius 3 is 2.31 bits per heavy atom. The lowest BCUT2D eigenvalue weighted by atomic mass is 9.95. The third-order valence-corrected chi connectivity index (χ3v) is 5.97. The van der Waals surface area contributed by atoms with E-state index in [1.807, 2.05) is 44.2 Å². The molecule has 2 atom stereocenters. The molecule has 7 nitrogen and oxygen atoms in total. The van der Waals surface area contributed by atoms with Gasteiger partial charge >= 0.3 is 12.2 Å². The van der Waals surface area contributed by atoms with Crippen LogP contribution in [0, 0.1) is 0 Å². The number of carbonyl (C=O) groups excluding carboxylic acids is 3. The average Bonchev–Trinajstić information content (AvgIpc) is 3.14. The second kappa shape index (κ2) is 11.1. The van der Waals surface area contributed by atoms with Crippen molar-refractivity contribution in [1.82, 2.24) is 9.80 Å². The lowest BCUT2D eigenvalue weighted by Gasteiger charge is -2.34. The second-order valence-electron chi connectivity index (χ2n) is 9.96. The molecule has 0 aliphatic carbocycles. The first-order valence-corrected chi connectivity index (χ1v) is 12.1. The minimum atomic E-state index is -0.814. The smallest absolute Gasteiger partial charge is 0.417 e. The molecule has 1 aliphatic rings. The zero-order chi connectivity index (χ0) is 25.8. The molecule has 35 heavy (non-hydrogen) atoms. The Morgan fingerprint density at radius 2 is 1.74 bits per heavy atom. The summed E-state index contributed by atoms with van der Waals surface area (Å²) < 4.78 is 10.9. The molecular weight excluding hydrogens is 468 g/mol. The molecule has 1 aliphatic heterocycles. The maximum absolute atomic E-state index is 13.9. The van der Waals surface area contributed by atoms with Gasteiger partial charge in [0.05, 0.1) is 12.0 Å². The fourth-order valence-corrected chi connectivity index (χ4v) is 4.10. The maximum Gasteiger partial charge on any atom is 0.417 e. The maximum atomic E-state index is 13.9. The number of hydrogen-bond donors (Lipinski definition) is 0.